The second kappa shape index (κ2) is 8.22. The van der Waals surface area contributed by atoms with E-state index >= 15 is 0 Å². The molecule has 0 aliphatic carbocycles. The third-order valence-corrected chi connectivity index (χ3v) is 5.42. The third-order valence-electron chi connectivity index (χ3n) is 4.19. The number of nitrogens with zero attached hydrogens (tertiary/aromatic N) is 2. The van der Waals surface area contributed by atoms with Gasteiger partial charge in [0.1, 0.15) is 0 Å². The van der Waals surface area contributed by atoms with Gasteiger partial charge in [0.2, 0.25) is 0 Å². The van der Waals surface area contributed by atoms with Gasteiger partial charge in [0, 0.05) is 28.8 Å². The minimum absolute atomic E-state index is 0.115. The van der Waals surface area contributed by atoms with E-state index in [0.29, 0.717) is 11.8 Å². The number of carbonyl (C=O) groups excluding carboxylic acids is 2. The van der Waals surface area contributed by atoms with E-state index in [1.807, 2.05) is 24.3 Å². The Balaban J connectivity index is 1.67. The van der Waals surface area contributed by atoms with Crippen LogP contribution in [0.2, 0.25) is 0 Å². The zero-order valence-electron chi connectivity index (χ0n) is 14.7. The molecule has 0 radical (unpaired) electrons. The summed E-state index contributed by atoms with van der Waals surface area (Å²) in [6, 6.07) is 12.7. The number of fused-ring (bicyclic) bond motifs is 1. The number of benzene rings is 2. The predicted molar refractivity (Wildman–Crippen MR) is 102 cm³/mol. The molecular formula is C19H18N2O5S. The molecule has 8 heteroatoms. The fourth-order valence-corrected chi connectivity index (χ4v) is 3.87. The summed E-state index contributed by atoms with van der Waals surface area (Å²) in [5, 5.41) is 11.0. The van der Waals surface area contributed by atoms with Gasteiger partial charge in [-0.3, -0.25) is 14.9 Å². The Morgan fingerprint density at radius 1 is 1.22 bits per heavy atom. The van der Waals surface area contributed by atoms with Gasteiger partial charge in [0.15, 0.2) is 6.61 Å². The Bertz CT molecular complexity index is 869. The van der Waals surface area contributed by atoms with E-state index in [4.69, 9.17) is 4.74 Å². The smallest absolute Gasteiger partial charge is 0.338 e. The molecule has 2 aromatic rings. The number of carbonyl (C=O) groups is 2. The minimum Gasteiger partial charge on any atom is -0.452 e. The summed E-state index contributed by atoms with van der Waals surface area (Å²) in [6.07, 6.45) is 0.835. The van der Waals surface area contributed by atoms with Crippen LogP contribution in [-0.2, 0) is 9.53 Å². The lowest BCUT2D eigenvalue weighted by Gasteiger charge is -2.22. The molecule has 7 nitrogen and oxygen atoms in total. The van der Waals surface area contributed by atoms with E-state index in [0.717, 1.165) is 17.0 Å². The Labute approximate surface area is 160 Å². The van der Waals surface area contributed by atoms with Crippen LogP contribution in [0.1, 0.15) is 23.7 Å². The van der Waals surface area contributed by atoms with Crippen LogP contribution in [0, 0.1) is 10.1 Å². The first-order chi connectivity index (χ1) is 13.0. The van der Waals surface area contributed by atoms with Gasteiger partial charge >= 0.3 is 5.97 Å². The lowest BCUT2D eigenvalue weighted by molar-refractivity contribution is -0.384. The van der Waals surface area contributed by atoms with Gasteiger partial charge in [-0.25, -0.2) is 4.79 Å². The average molecular weight is 386 g/mol. The highest BCUT2D eigenvalue weighted by Gasteiger charge is 2.25. The van der Waals surface area contributed by atoms with Gasteiger partial charge in [-0.2, -0.15) is 0 Å². The van der Waals surface area contributed by atoms with Gasteiger partial charge in [-0.05, 0) is 30.7 Å². The lowest BCUT2D eigenvalue weighted by Crippen LogP contribution is -2.35. The summed E-state index contributed by atoms with van der Waals surface area (Å²) >= 11 is 1.72. The topological polar surface area (TPSA) is 89.8 Å². The number of rotatable bonds is 4. The van der Waals surface area contributed by atoms with Gasteiger partial charge < -0.3 is 9.64 Å². The predicted octanol–water partition coefficient (Wildman–Crippen LogP) is 3.67. The number of thioether (sulfide) groups is 1. The van der Waals surface area contributed by atoms with E-state index in [9.17, 15) is 19.7 Å². The molecule has 27 heavy (non-hydrogen) atoms. The Hall–Kier alpha value is -2.87. The van der Waals surface area contributed by atoms with Crippen LogP contribution in [-0.4, -0.2) is 35.2 Å². The summed E-state index contributed by atoms with van der Waals surface area (Å²) < 4.78 is 5.12. The zero-order valence-corrected chi connectivity index (χ0v) is 15.5. The molecule has 0 fully saturated rings. The molecule has 0 N–H and O–H groups in total. The van der Waals surface area contributed by atoms with E-state index < -0.39 is 10.9 Å². The van der Waals surface area contributed by atoms with Crippen molar-refractivity contribution in [2.75, 3.05) is 18.1 Å². The van der Waals surface area contributed by atoms with Crippen molar-refractivity contribution in [2.45, 2.75) is 23.5 Å². The molecule has 2 aromatic carbocycles. The summed E-state index contributed by atoms with van der Waals surface area (Å²) in [6.45, 7) is 2.28. The Morgan fingerprint density at radius 2 is 1.93 bits per heavy atom. The van der Waals surface area contributed by atoms with Gasteiger partial charge in [0.25, 0.3) is 11.6 Å². The van der Waals surface area contributed by atoms with Gasteiger partial charge in [-0.1, -0.05) is 19.1 Å². The van der Waals surface area contributed by atoms with Crippen molar-refractivity contribution in [1.82, 2.24) is 0 Å². The molecule has 0 spiro atoms. The number of nitro benzene ring substituents is 1. The standard InChI is InChI=1S/C19H18N2O5S/c1-13-10-11-20(16-4-2-3-5-17(16)27-13)18(22)12-26-19(23)14-6-8-15(9-7-14)21(24)25/h2-9,13H,10-12H2,1H3/t13-/m1/s1. The fourth-order valence-electron chi connectivity index (χ4n) is 2.75. The maximum Gasteiger partial charge on any atom is 0.338 e. The van der Waals surface area contributed by atoms with Crippen molar-refractivity contribution in [3.8, 4) is 0 Å². The largest absolute Gasteiger partial charge is 0.452 e. The quantitative estimate of drug-likeness (QED) is 0.452. The molecule has 1 amide bonds. The Kier molecular flexibility index (Phi) is 5.75. The second-order valence-electron chi connectivity index (χ2n) is 6.11. The molecule has 3 rings (SSSR count). The number of nitro groups is 1. The fraction of sp³-hybridized carbons (Fsp3) is 0.263. The van der Waals surface area contributed by atoms with E-state index in [1.165, 1.54) is 24.3 Å². The van der Waals surface area contributed by atoms with Crippen LogP contribution < -0.4 is 4.90 Å². The molecule has 0 unspecified atom stereocenters. The van der Waals surface area contributed by atoms with Gasteiger partial charge in [0.05, 0.1) is 16.2 Å². The molecule has 0 aromatic heterocycles. The molecule has 0 saturated heterocycles. The maximum atomic E-state index is 12.6. The first-order valence-electron chi connectivity index (χ1n) is 8.43. The van der Waals surface area contributed by atoms with E-state index in [1.54, 1.807) is 16.7 Å². The van der Waals surface area contributed by atoms with Crippen LogP contribution in [0.15, 0.2) is 53.4 Å². The van der Waals surface area contributed by atoms with Crippen molar-refractivity contribution in [2.24, 2.45) is 0 Å². The number of para-hydroxylation sites is 1. The Morgan fingerprint density at radius 3 is 2.63 bits per heavy atom. The second-order valence-corrected chi connectivity index (χ2v) is 7.59. The SMILES string of the molecule is C[C@@H]1CCN(C(=O)COC(=O)c2ccc([N+](=O)[O-])cc2)c2ccccc2S1. The van der Waals surface area contributed by atoms with Crippen LogP contribution >= 0.6 is 11.8 Å². The summed E-state index contributed by atoms with van der Waals surface area (Å²) in [4.78, 5) is 37.5. The molecule has 0 saturated carbocycles. The monoisotopic (exact) mass is 386 g/mol. The van der Waals surface area contributed by atoms with Crippen molar-refractivity contribution < 1.29 is 19.2 Å². The van der Waals surface area contributed by atoms with Crippen molar-refractivity contribution in [1.29, 1.82) is 0 Å². The zero-order chi connectivity index (χ0) is 19.4. The summed E-state index contributed by atoms with van der Waals surface area (Å²) in [5.41, 5.74) is 0.868. The van der Waals surface area contributed by atoms with Crippen LogP contribution in [0.25, 0.3) is 0 Å². The van der Waals surface area contributed by atoms with Crippen molar-refractivity contribution >= 4 is 35.0 Å². The maximum absolute atomic E-state index is 12.6. The number of hydrogen-bond acceptors (Lipinski definition) is 6. The highest BCUT2D eigenvalue weighted by molar-refractivity contribution is 8.00. The molecule has 140 valence electrons. The van der Waals surface area contributed by atoms with E-state index in [-0.39, 0.29) is 23.8 Å². The number of amides is 1. The van der Waals surface area contributed by atoms with Crippen LogP contribution in [0.4, 0.5) is 11.4 Å². The highest BCUT2D eigenvalue weighted by atomic mass is 32.2. The van der Waals surface area contributed by atoms with Crippen LogP contribution in [0.3, 0.4) is 0 Å². The summed E-state index contributed by atoms with van der Waals surface area (Å²) in [5.74, 6) is -0.989. The van der Waals surface area contributed by atoms with E-state index in [2.05, 4.69) is 6.92 Å². The minimum atomic E-state index is -0.691. The van der Waals surface area contributed by atoms with Crippen molar-refractivity contribution in [3.63, 3.8) is 0 Å². The van der Waals surface area contributed by atoms with Gasteiger partial charge in [-0.15, -0.1) is 11.8 Å². The third kappa shape index (κ3) is 4.46. The summed E-state index contributed by atoms with van der Waals surface area (Å²) in [7, 11) is 0. The number of esters is 1. The first kappa shape index (κ1) is 18.9. The highest BCUT2D eigenvalue weighted by Crippen LogP contribution is 2.37. The molecule has 1 aliphatic heterocycles. The molecule has 0 bridgehead atoms. The van der Waals surface area contributed by atoms with Crippen molar-refractivity contribution in [3.05, 3.63) is 64.2 Å². The number of hydrogen-bond donors (Lipinski definition) is 0. The number of non-ortho nitro benzene ring substituents is 1. The first-order valence-corrected chi connectivity index (χ1v) is 9.31. The van der Waals surface area contributed by atoms with Crippen LogP contribution in [0.5, 0.6) is 0 Å². The normalized spacial score (nSPS) is 16.2. The number of anilines is 1. The number of ether oxygens (including phenoxy) is 1. The average Bonchev–Trinajstić information content (AvgIpc) is 2.84. The molecule has 1 heterocycles. The molecule has 1 aliphatic rings. The molecule has 1 atom stereocenters. The molecular weight excluding hydrogens is 368 g/mol. The lowest BCUT2D eigenvalue weighted by atomic mass is 10.2.